The highest BCUT2D eigenvalue weighted by atomic mass is 16.6. The molecule has 0 N–H and O–H groups in total. The number of piperazine rings is 1. The Kier molecular flexibility index (Phi) is 8.35. The Morgan fingerprint density at radius 2 is 1.41 bits per heavy atom. The molecule has 12 heteroatoms. The minimum absolute atomic E-state index is 0.0882. The lowest BCUT2D eigenvalue weighted by Gasteiger charge is -2.38. The van der Waals surface area contributed by atoms with E-state index in [1.807, 2.05) is 0 Å². The summed E-state index contributed by atoms with van der Waals surface area (Å²) in [5.74, 6) is -4.75. The van der Waals surface area contributed by atoms with Crippen LogP contribution in [0.5, 0.6) is 11.5 Å². The summed E-state index contributed by atoms with van der Waals surface area (Å²) in [6.07, 6.45) is 0. The van der Waals surface area contributed by atoms with Gasteiger partial charge in [-0.05, 0) is 18.2 Å². The van der Waals surface area contributed by atoms with Crippen molar-refractivity contribution in [1.29, 1.82) is 0 Å². The standard InChI is InChI=1S/C25H25N3O9/c1-15(29)27(19-8-6-5-7-9-19)28-21(32)13-26(14-22(28)33)12-18-10-11-20(25(34)35-4)24(37-17(3)31)23(18)36-16(2)30/h5-11H,12-14H2,1-4H3. The molecule has 2 aromatic rings. The Labute approximate surface area is 212 Å². The second-order valence-electron chi connectivity index (χ2n) is 8.02. The molecule has 3 amide bonds. The van der Waals surface area contributed by atoms with Gasteiger partial charge in [0.15, 0.2) is 11.5 Å². The fourth-order valence-corrected chi connectivity index (χ4v) is 3.79. The van der Waals surface area contributed by atoms with Crippen molar-refractivity contribution in [2.45, 2.75) is 27.3 Å². The van der Waals surface area contributed by atoms with Crippen LogP contribution in [-0.4, -0.2) is 65.7 Å². The highest BCUT2D eigenvalue weighted by Gasteiger charge is 2.38. The number of amides is 3. The molecule has 0 unspecified atom stereocenters. The van der Waals surface area contributed by atoms with E-state index in [0.717, 1.165) is 31.0 Å². The van der Waals surface area contributed by atoms with E-state index in [2.05, 4.69) is 0 Å². The van der Waals surface area contributed by atoms with Gasteiger partial charge in [-0.2, -0.15) is 5.01 Å². The van der Waals surface area contributed by atoms with Gasteiger partial charge in [-0.1, -0.05) is 24.3 Å². The monoisotopic (exact) mass is 511 g/mol. The van der Waals surface area contributed by atoms with Crippen LogP contribution in [0.2, 0.25) is 0 Å². The van der Waals surface area contributed by atoms with Gasteiger partial charge in [-0.25, -0.2) is 9.80 Å². The summed E-state index contributed by atoms with van der Waals surface area (Å²) in [5.41, 5.74) is 0.459. The average Bonchev–Trinajstić information content (AvgIpc) is 2.82. The maximum atomic E-state index is 13.0. The molecule has 12 nitrogen and oxygen atoms in total. The van der Waals surface area contributed by atoms with Crippen LogP contribution in [0.15, 0.2) is 42.5 Å². The zero-order valence-corrected chi connectivity index (χ0v) is 20.7. The molecule has 1 aliphatic rings. The molecule has 37 heavy (non-hydrogen) atoms. The lowest BCUT2D eigenvalue weighted by Crippen LogP contribution is -2.61. The lowest BCUT2D eigenvalue weighted by atomic mass is 10.1. The predicted molar refractivity (Wildman–Crippen MR) is 127 cm³/mol. The van der Waals surface area contributed by atoms with E-state index in [1.54, 1.807) is 30.3 Å². The van der Waals surface area contributed by atoms with E-state index in [9.17, 15) is 28.8 Å². The fourth-order valence-electron chi connectivity index (χ4n) is 3.79. The summed E-state index contributed by atoms with van der Waals surface area (Å²) in [4.78, 5) is 75.6. The largest absolute Gasteiger partial charge is 0.465 e. The van der Waals surface area contributed by atoms with Crippen molar-refractivity contribution in [3.8, 4) is 11.5 Å². The molecule has 1 aliphatic heterocycles. The molecule has 0 aromatic heterocycles. The zero-order chi connectivity index (χ0) is 27.3. The Balaban J connectivity index is 1.94. The number of hydrazine groups is 1. The van der Waals surface area contributed by atoms with E-state index in [-0.39, 0.29) is 42.3 Å². The normalized spacial score (nSPS) is 13.7. The molecule has 194 valence electrons. The summed E-state index contributed by atoms with van der Waals surface area (Å²) in [5, 5.41) is 1.81. The Morgan fingerprint density at radius 3 is 1.92 bits per heavy atom. The van der Waals surface area contributed by atoms with E-state index < -0.39 is 35.6 Å². The molecule has 3 rings (SSSR count). The highest BCUT2D eigenvalue weighted by molar-refractivity contribution is 6.06. The molecule has 1 fully saturated rings. The number of hydrogen-bond donors (Lipinski definition) is 0. The van der Waals surface area contributed by atoms with E-state index >= 15 is 0 Å². The third kappa shape index (κ3) is 6.16. The van der Waals surface area contributed by atoms with Crippen LogP contribution in [-0.2, 0) is 35.3 Å². The smallest absolute Gasteiger partial charge is 0.341 e. The van der Waals surface area contributed by atoms with Crippen molar-refractivity contribution < 1.29 is 43.0 Å². The third-order valence-corrected chi connectivity index (χ3v) is 5.17. The van der Waals surface area contributed by atoms with E-state index in [0.29, 0.717) is 5.69 Å². The molecular weight excluding hydrogens is 486 g/mol. The van der Waals surface area contributed by atoms with Gasteiger partial charge in [-0.3, -0.25) is 28.9 Å². The van der Waals surface area contributed by atoms with Crippen LogP contribution >= 0.6 is 0 Å². The minimum atomic E-state index is -0.833. The fraction of sp³-hybridized carbons (Fsp3) is 0.280. The van der Waals surface area contributed by atoms with Crippen molar-refractivity contribution in [2.75, 3.05) is 25.2 Å². The first-order valence-electron chi connectivity index (χ1n) is 11.1. The zero-order valence-electron chi connectivity index (χ0n) is 20.7. The number of benzene rings is 2. The molecule has 0 bridgehead atoms. The molecule has 0 atom stereocenters. The number of carbonyl (C=O) groups excluding carboxylic acids is 6. The van der Waals surface area contributed by atoms with Crippen LogP contribution in [0, 0.1) is 0 Å². The molecule has 0 spiro atoms. The number of para-hydroxylation sites is 1. The van der Waals surface area contributed by atoms with Gasteiger partial charge in [0.2, 0.25) is 5.91 Å². The van der Waals surface area contributed by atoms with Crippen molar-refractivity contribution in [1.82, 2.24) is 9.91 Å². The minimum Gasteiger partial charge on any atom is -0.465 e. The Morgan fingerprint density at radius 1 is 0.838 bits per heavy atom. The molecule has 1 saturated heterocycles. The number of methoxy groups -OCH3 is 1. The molecule has 0 saturated carbocycles. The number of carbonyl (C=O) groups is 6. The first kappa shape index (κ1) is 27.0. The molecule has 0 radical (unpaired) electrons. The van der Waals surface area contributed by atoms with E-state index in [1.165, 1.54) is 24.0 Å². The number of anilines is 1. The van der Waals surface area contributed by atoms with Gasteiger partial charge in [0.1, 0.15) is 5.56 Å². The van der Waals surface area contributed by atoms with Gasteiger partial charge in [-0.15, -0.1) is 0 Å². The van der Waals surface area contributed by atoms with Crippen LogP contribution in [0.3, 0.4) is 0 Å². The van der Waals surface area contributed by atoms with Gasteiger partial charge < -0.3 is 14.2 Å². The second-order valence-corrected chi connectivity index (χ2v) is 8.02. The molecule has 2 aromatic carbocycles. The summed E-state index contributed by atoms with van der Waals surface area (Å²) in [6, 6.07) is 11.0. The van der Waals surface area contributed by atoms with Crippen LogP contribution in [0.25, 0.3) is 0 Å². The SMILES string of the molecule is COC(=O)c1ccc(CN2CC(=O)N(N(C(C)=O)c3ccccc3)C(=O)C2)c(OC(C)=O)c1OC(C)=O. The highest BCUT2D eigenvalue weighted by Crippen LogP contribution is 2.37. The number of esters is 3. The summed E-state index contributed by atoms with van der Waals surface area (Å²) < 4.78 is 15.2. The summed E-state index contributed by atoms with van der Waals surface area (Å²) in [7, 11) is 1.13. The topological polar surface area (TPSA) is 140 Å². The Bertz CT molecular complexity index is 1240. The van der Waals surface area contributed by atoms with Crippen molar-refractivity contribution >= 4 is 41.3 Å². The number of imide groups is 1. The van der Waals surface area contributed by atoms with Crippen LogP contribution in [0.4, 0.5) is 5.69 Å². The molecular formula is C25H25N3O9. The number of hydrogen-bond acceptors (Lipinski definition) is 10. The van der Waals surface area contributed by atoms with Gasteiger partial charge in [0, 0.05) is 32.9 Å². The van der Waals surface area contributed by atoms with Crippen molar-refractivity contribution in [3.05, 3.63) is 53.6 Å². The number of nitrogens with zero attached hydrogens (tertiary/aromatic N) is 3. The molecule has 1 heterocycles. The summed E-state index contributed by atoms with van der Waals surface area (Å²) in [6.45, 7) is 2.86. The maximum absolute atomic E-state index is 13.0. The van der Waals surface area contributed by atoms with Gasteiger partial charge >= 0.3 is 17.9 Å². The lowest BCUT2D eigenvalue weighted by molar-refractivity contribution is -0.155. The Hall–Kier alpha value is -4.58. The van der Waals surface area contributed by atoms with Crippen molar-refractivity contribution in [3.63, 3.8) is 0 Å². The predicted octanol–water partition coefficient (Wildman–Crippen LogP) is 1.46. The second kappa shape index (κ2) is 11.4. The average molecular weight is 511 g/mol. The van der Waals surface area contributed by atoms with Crippen LogP contribution in [0.1, 0.15) is 36.7 Å². The van der Waals surface area contributed by atoms with Gasteiger partial charge in [0.05, 0.1) is 25.9 Å². The number of rotatable bonds is 7. The quantitative estimate of drug-likeness (QED) is 0.305. The third-order valence-electron chi connectivity index (χ3n) is 5.17. The van der Waals surface area contributed by atoms with Crippen LogP contribution < -0.4 is 14.5 Å². The first-order valence-corrected chi connectivity index (χ1v) is 11.1. The summed E-state index contributed by atoms with van der Waals surface area (Å²) >= 11 is 0. The molecule has 0 aliphatic carbocycles. The maximum Gasteiger partial charge on any atom is 0.341 e. The first-order chi connectivity index (χ1) is 17.5. The van der Waals surface area contributed by atoms with Gasteiger partial charge in [0.25, 0.3) is 11.8 Å². The van der Waals surface area contributed by atoms with Crippen molar-refractivity contribution in [2.24, 2.45) is 0 Å². The van der Waals surface area contributed by atoms with E-state index in [4.69, 9.17) is 14.2 Å². The number of ether oxygens (including phenoxy) is 3.